The predicted molar refractivity (Wildman–Crippen MR) is 113 cm³/mol. The number of methoxy groups -OCH3 is 1. The van der Waals surface area contributed by atoms with Crippen LogP contribution in [-0.2, 0) is 11.3 Å². The summed E-state index contributed by atoms with van der Waals surface area (Å²) in [5.41, 5.74) is 7.25. The molecule has 2 rings (SSSR count). The Morgan fingerprint density at radius 3 is 2.61 bits per heavy atom. The molecule has 6 nitrogen and oxygen atoms in total. The first-order valence-corrected chi connectivity index (χ1v) is 10.0. The molecule has 0 unspecified atom stereocenters. The summed E-state index contributed by atoms with van der Waals surface area (Å²) in [7, 11) is 1.60. The number of ether oxygens (including phenoxy) is 1. The largest absolute Gasteiger partial charge is 0.480 e. The Morgan fingerprint density at radius 1 is 1.43 bits per heavy atom. The highest BCUT2D eigenvalue weighted by Gasteiger charge is 2.25. The van der Waals surface area contributed by atoms with E-state index in [4.69, 9.17) is 33.7 Å². The molecule has 0 atom stereocenters. The van der Waals surface area contributed by atoms with Gasteiger partial charge in [0.25, 0.3) is 5.91 Å². The van der Waals surface area contributed by atoms with Crippen LogP contribution in [0.4, 0.5) is 0 Å². The fourth-order valence-corrected chi connectivity index (χ4v) is 3.74. The maximum atomic E-state index is 12.6. The number of aromatic nitrogens is 2. The van der Waals surface area contributed by atoms with E-state index in [1.807, 2.05) is 11.6 Å². The van der Waals surface area contributed by atoms with E-state index in [1.54, 1.807) is 20.1 Å². The summed E-state index contributed by atoms with van der Waals surface area (Å²) in [6.45, 7) is 8.25. The van der Waals surface area contributed by atoms with Crippen LogP contribution in [0.2, 0.25) is 5.02 Å². The third-order valence-electron chi connectivity index (χ3n) is 4.96. The van der Waals surface area contributed by atoms with Crippen LogP contribution in [0.25, 0.3) is 0 Å². The minimum absolute atomic E-state index is 0.122. The van der Waals surface area contributed by atoms with Gasteiger partial charge in [0.15, 0.2) is 0 Å². The number of amides is 1. The van der Waals surface area contributed by atoms with Crippen LogP contribution in [0.3, 0.4) is 0 Å². The highest BCUT2D eigenvalue weighted by atomic mass is 35.5. The van der Waals surface area contributed by atoms with Gasteiger partial charge < -0.3 is 15.8 Å². The van der Waals surface area contributed by atoms with Crippen LogP contribution < -0.4 is 15.8 Å². The quantitative estimate of drug-likeness (QED) is 0.508. The third-order valence-corrected chi connectivity index (χ3v) is 5.63. The Hall–Kier alpha value is -1.92. The molecule has 1 aliphatic rings. The molecule has 1 aromatic rings. The lowest BCUT2D eigenvalue weighted by Crippen LogP contribution is -2.39. The first-order chi connectivity index (χ1) is 13.3. The zero-order chi connectivity index (χ0) is 20.8. The van der Waals surface area contributed by atoms with Crippen LogP contribution in [0.1, 0.15) is 38.3 Å². The molecule has 1 heterocycles. The molecule has 8 heteroatoms. The summed E-state index contributed by atoms with van der Waals surface area (Å²) in [5.74, 6) is 0.894. The van der Waals surface area contributed by atoms with Gasteiger partial charge in [-0.25, -0.2) is 4.68 Å². The minimum atomic E-state index is -0.174. The summed E-state index contributed by atoms with van der Waals surface area (Å²) in [6.07, 6.45) is 6.56. The summed E-state index contributed by atoms with van der Waals surface area (Å²) < 4.78 is 7.21. The Balaban J connectivity index is 1.93. The van der Waals surface area contributed by atoms with E-state index in [1.165, 1.54) is 6.20 Å². The van der Waals surface area contributed by atoms with Gasteiger partial charge in [-0.15, -0.1) is 0 Å². The number of hydrogen-bond acceptors (Lipinski definition) is 4. The van der Waals surface area contributed by atoms with Crippen molar-refractivity contribution in [1.29, 1.82) is 0 Å². The topological polar surface area (TPSA) is 82.2 Å². The number of carbonyl (C=O) groups is 1. The van der Waals surface area contributed by atoms with Gasteiger partial charge in [0.05, 0.1) is 17.8 Å². The molecule has 1 saturated carbocycles. The number of nitrogens with zero attached hydrogens (tertiary/aromatic N) is 2. The molecule has 0 saturated heterocycles. The van der Waals surface area contributed by atoms with Crippen LogP contribution in [0.5, 0.6) is 5.88 Å². The standard InChI is InChI=1S/C20H28Cl2N4O2/c1-12(2)17(9-15(21)10-23)19(27)24-16-7-5-14(6-8-16)11-26-20(28-4)18(22)13(3)25-26/h9-10,14,16H,1,5-8,11,23H2,2-4H3,(H,24,27)/b15-10+,17-9+. The summed E-state index contributed by atoms with van der Waals surface area (Å²) in [6, 6.07) is 0.122. The average molecular weight is 427 g/mol. The second kappa shape index (κ2) is 10.0. The molecule has 154 valence electrons. The van der Waals surface area contributed by atoms with Crippen LogP contribution in [0, 0.1) is 12.8 Å². The summed E-state index contributed by atoms with van der Waals surface area (Å²) in [4.78, 5) is 12.6. The van der Waals surface area contributed by atoms with Gasteiger partial charge in [0.2, 0.25) is 5.88 Å². The lowest BCUT2D eigenvalue weighted by molar-refractivity contribution is -0.118. The van der Waals surface area contributed by atoms with Crippen LogP contribution in [0.15, 0.2) is 35.0 Å². The van der Waals surface area contributed by atoms with E-state index in [0.29, 0.717) is 33.0 Å². The molecule has 0 aliphatic heterocycles. The number of rotatable bonds is 7. The monoisotopic (exact) mass is 426 g/mol. The Kier molecular flexibility index (Phi) is 8.01. The number of allylic oxidation sites excluding steroid dienone is 2. The van der Waals surface area contributed by atoms with Gasteiger partial charge in [0, 0.05) is 24.4 Å². The molecule has 0 spiro atoms. The van der Waals surface area contributed by atoms with Crippen molar-refractivity contribution in [3.8, 4) is 5.88 Å². The van der Waals surface area contributed by atoms with E-state index in [2.05, 4.69) is 17.0 Å². The third kappa shape index (κ3) is 5.55. The Morgan fingerprint density at radius 2 is 2.07 bits per heavy atom. The maximum Gasteiger partial charge on any atom is 0.251 e. The van der Waals surface area contributed by atoms with E-state index < -0.39 is 0 Å². The summed E-state index contributed by atoms with van der Waals surface area (Å²) in [5, 5.41) is 8.42. The van der Waals surface area contributed by atoms with Crippen molar-refractivity contribution in [2.75, 3.05) is 7.11 Å². The van der Waals surface area contributed by atoms with Crippen molar-refractivity contribution in [3.05, 3.63) is 45.7 Å². The van der Waals surface area contributed by atoms with E-state index in [-0.39, 0.29) is 11.9 Å². The number of nitrogens with two attached hydrogens (primary N) is 1. The van der Waals surface area contributed by atoms with Crippen molar-refractivity contribution in [2.24, 2.45) is 11.7 Å². The molecule has 3 N–H and O–H groups in total. The van der Waals surface area contributed by atoms with Gasteiger partial charge in [-0.05, 0) is 57.1 Å². The Bertz CT molecular complexity index is 790. The average Bonchev–Trinajstić information content (AvgIpc) is 2.93. The second-order valence-corrected chi connectivity index (χ2v) is 7.99. The fraction of sp³-hybridized carbons (Fsp3) is 0.500. The zero-order valence-electron chi connectivity index (χ0n) is 16.6. The molecule has 0 radical (unpaired) electrons. The molecule has 1 aliphatic carbocycles. The van der Waals surface area contributed by atoms with Crippen molar-refractivity contribution >= 4 is 29.1 Å². The van der Waals surface area contributed by atoms with Gasteiger partial charge in [0.1, 0.15) is 5.02 Å². The van der Waals surface area contributed by atoms with E-state index in [0.717, 1.165) is 37.9 Å². The van der Waals surface area contributed by atoms with E-state index >= 15 is 0 Å². The predicted octanol–water partition coefficient (Wildman–Crippen LogP) is 4.07. The highest BCUT2D eigenvalue weighted by molar-refractivity contribution is 6.32. The van der Waals surface area contributed by atoms with Gasteiger partial charge >= 0.3 is 0 Å². The molecule has 0 bridgehead atoms. The number of carbonyl (C=O) groups excluding carboxylic acids is 1. The first kappa shape index (κ1) is 22.4. The number of halogens is 2. The van der Waals surface area contributed by atoms with Crippen molar-refractivity contribution < 1.29 is 9.53 Å². The van der Waals surface area contributed by atoms with Crippen molar-refractivity contribution in [2.45, 2.75) is 52.1 Å². The summed E-state index contributed by atoms with van der Waals surface area (Å²) >= 11 is 12.2. The van der Waals surface area contributed by atoms with Crippen LogP contribution in [-0.4, -0.2) is 28.8 Å². The molecule has 1 aromatic heterocycles. The molecular weight excluding hydrogens is 399 g/mol. The van der Waals surface area contributed by atoms with Crippen LogP contribution >= 0.6 is 23.2 Å². The molecular formula is C20H28Cl2N4O2. The zero-order valence-corrected chi connectivity index (χ0v) is 18.1. The van der Waals surface area contributed by atoms with Gasteiger partial charge in [-0.1, -0.05) is 29.8 Å². The molecule has 28 heavy (non-hydrogen) atoms. The van der Waals surface area contributed by atoms with Crippen molar-refractivity contribution in [3.63, 3.8) is 0 Å². The lowest BCUT2D eigenvalue weighted by Gasteiger charge is -2.29. The lowest BCUT2D eigenvalue weighted by atomic mass is 9.86. The first-order valence-electron chi connectivity index (χ1n) is 9.29. The maximum absolute atomic E-state index is 12.6. The van der Waals surface area contributed by atoms with Gasteiger partial charge in [-0.3, -0.25) is 4.79 Å². The normalized spacial score (nSPS) is 20.8. The molecule has 1 amide bonds. The number of aryl methyl sites for hydroxylation is 1. The fourth-order valence-electron chi connectivity index (χ4n) is 3.42. The SMILES string of the molecule is C=C(C)/C(=C\C(Cl)=C/N)C(=O)NC1CCC(Cn2nc(C)c(Cl)c2OC)CC1. The van der Waals surface area contributed by atoms with Gasteiger partial charge in [-0.2, -0.15) is 5.10 Å². The Labute approximate surface area is 176 Å². The van der Waals surface area contributed by atoms with E-state index in [9.17, 15) is 4.79 Å². The highest BCUT2D eigenvalue weighted by Crippen LogP contribution is 2.31. The van der Waals surface area contributed by atoms with Crippen molar-refractivity contribution in [1.82, 2.24) is 15.1 Å². The number of nitrogens with one attached hydrogen (secondary N) is 1. The smallest absolute Gasteiger partial charge is 0.251 e. The molecule has 0 aromatic carbocycles. The number of hydrogen-bond donors (Lipinski definition) is 2. The minimum Gasteiger partial charge on any atom is -0.480 e. The second-order valence-electron chi connectivity index (χ2n) is 7.17. The molecule has 1 fully saturated rings.